The normalized spacial score (nSPS) is 10.2. The number of hydrogen-bond acceptors (Lipinski definition) is 3. The summed E-state index contributed by atoms with van der Waals surface area (Å²) in [6, 6.07) is 23.7. The average Bonchev–Trinajstić information content (AvgIpc) is 2.60. The fourth-order valence-corrected chi connectivity index (χ4v) is 3.05. The highest BCUT2D eigenvalue weighted by Crippen LogP contribution is 2.33. The zero-order valence-electron chi connectivity index (χ0n) is 12.8. The number of hydrogen-bond donors (Lipinski definition) is 3. The van der Waals surface area contributed by atoms with Gasteiger partial charge in [0, 0.05) is 9.79 Å². The van der Waals surface area contributed by atoms with Gasteiger partial charge >= 0.3 is 6.03 Å². The molecule has 0 saturated carbocycles. The standard InChI is InChI=1S/C19H16N2O2S/c22-17-12-6-4-10-15(17)20-19(23)21-16-11-5-7-13-18(16)24-14-8-2-1-3-9-14/h1-13,22H,(H2,20,21,23). The molecule has 0 atom stereocenters. The molecule has 24 heavy (non-hydrogen) atoms. The average molecular weight is 336 g/mol. The van der Waals surface area contributed by atoms with E-state index < -0.39 is 6.03 Å². The smallest absolute Gasteiger partial charge is 0.323 e. The van der Waals surface area contributed by atoms with E-state index in [0.29, 0.717) is 11.4 Å². The SMILES string of the molecule is O=C(Nc1ccccc1O)Nc1ccccc1Sc1ccccc1. The second-order valence-corrected chi connectivity index (χ2v) is 6.12. The van der Waals surface area contributed by atoms with Crippen LogP contribution in [-0.4, -0.2) is 11.1 Å². The number of phenols is 1. The fraction of sp³-hybridized carbons (Fsp3) is 0. The third-order valence-corrected chi connectivity index (χ3v) is 4.34. The van der Waals surface area contributed by atoms with E-state index in [1.165, 1.54) is 6.07 Å². The molecule has 0 aliphatic rings. The predicted molar refractivity (Wildman–Crippen MR) is 97.8 cm³/mol. The minimum absolute atomic E-state index is 0.0274. The van der Waals surface area contributed by atoms with Crippen molar-refractivity contribution in [2.45, 2.75) is 9.79 Å². The summed E-state index contributed by atoms with van der Waals surface area (Å²) in [6.45, 7) is 0. The molecular formula is C19H16N2O2S. The van der Waals surface area contributed by atoms with E-state index in [-0.39, 0.29) is 5.75 Å². The highest BCUT2D eigenvalue weighted by Gasteiger charge is 2.09. The molecule has 0 radical (unpaired) electrons. The van der Waals surface area contributed by atoms with Crippen LogP contribution in [-0.2, 0) is 0 Å². The van der Waals surface area contributed by atoms with Crippen LogP contribution >= 0.6 is 11.8 Å². The third-order valence-electron chi connectivity index (χ3n) is 3.26. The Labute approximate surface area is 144 Å². The molecule has 0 spiro atoms. The molecule has 0 bridgehead atoms. The van der Waals surface area contributed by atoms with E-state index in [1.807, 2.05) is 54.6 Å². The predicted octanol–water partition coefficient (Wildman–Crippen LogP) is 5.19. The number of carbonyl (C=O) groups excluding carboxylic acids is 1. The topological polar surface area (TPSA) is 61.4 Å². The molecule has 3 N–H and O–H groups in total. The Morgan fingerprint density at radius 2 is 1.33 bits per heavy atom. The second-order valence-electron chi connectivity index (χ2n) is 5.01. The van der Waals surface area contributed by atoms with Crippen LogP contribution < -0.4 is 10.6 Å². The van der Waals surface area contributed by atoms with Crippen LogP contribution in [0.3, 0.4) is 0 Å². The molecule has 0 saturated heterocycles. The first-order valence-electron chi connectivity index (χ1n) is 7.40. The highest BCUT2D eigenvalue weighted by atomic mass is 32.2. The summed E-state index contributed by atoms with van der Waals surface area (Å²) in [6.07, 6.45) is 0. The summed E-state index contributed by atoms with van der Waals surface area (Å²) in [5.74, 6) is 0.0274. The Morgan fingerprint density at radius 1 is 0.750 bits per heavy atom. The Balaban J connectivity index is 1.73. The fourth-order valence-electron chi connectivity index (χ4n) is 2.13. The van der Waals surface area contributed by atoms with Crippen molar-refractivity contribution in [2.24, 2.45) is 0 Å². The van der Waals surface area contributed by atoms with Crippen molar-refractivity contribution in [3.05, 3.63) is 78.9 Å². The van der Waals surface area contributed by atoms with Gasteiger partial charge in [-0.2, -0.15) is 0 Å². The van der Waals surface area contributed by atoms with Crippen LogP contribution in [0.15, 0.2) is 88.7 Å². The highest BCUT2D eigenvalue weighted by molar-refractivity contribution is 7.99. The lowest BCUT2D eigenvalue weighted by Crippen LogP contribution is -2.19. The van der Waals surface area contributed by atoms with E-state index in [0.717, 1.165) is 9.79 Å². The van der Waals surface area contributed by atoms with Gasteiger partial charge in [-0.1, -0.05) is 54.2 Å². The van der Waals surface area contributed by atoms with Gasteiger partial charge in [-0.15, -0.1) is 0 Å². The van der Waals surface area contributed by atoms with Crippen LogP contribution in [0.2, 0.25) is 0 Å². The molecule has 5 heteroatoms. The minimum Gasteiger partial charge on any atom is -0.506 e. The van der Waals surface area contributed by atoms with Crippen molar-refractivity contribution in [3.8, 4) is 5.75 Å². The van der Waals surface area contributed by atoms with Crippen molar-refractivity contribution >= 4 is 29.2 Å². The number of benzene rings is 3. The number of para-hydroxylation sites is 3. The zero-order chi connectivity index (χ0) is 16.8. The van der Waals surface area contributed by atoms with Crippen LogP contribution in [0, 0.1) is 0 Å². The molecule has 4 nitrogen and oxygen atoms in total. The number of anilines is 2. The van der Waals surface area contributed by atoms with Crippen LogP contribution in [0.4, 0.5) is 16.2 Å². The maximum absolute atomic E-state index is 12.2. The van der Waals surface area contributed by atoms with Gasteiger partial charge in [-0.3, -0.25) is 0 Å². The summed E-state index contributed by atoms with van der Waals surface area (Å²) in [7, 11) is 0. The summed E-state index contributed by atoms with van der Waals surface area (Å²) in [5.41, 5.74) is 1.07. The van der Waals surface area contributed by atoms with Crippen molar-refractivity contribution in [1.29, 1.82) is 0 Å². The zero-order valence-corrected chi connectivity index (χ0v) is 13.6. The molecule has 0 aliphatic carbocycles. The lowest BCUT2D eigenvalue weighted by molar-refractivity contribution is 0.262. The molecular weight excluding hydrogens is 320 g/mol. The molecule has 3 aromatic rings. The number of urea groups is 1. The lowest BCUT2D eigenvalue weighted by atomic mass is 10.3. The number of phenolic OH excluding ortho intramolecular Hbond substituents is 1. The number of rotatable bonds is 4. The maximum atomic E-state index is 12.2. The molecule has 0 unspecified atom stereocenters. The van der Waals surface area contributed by atoms with E-state index in [4.69, 9.17) is 0 Å². The Bertz CT molecular complexity index is 838. The maximum Gasteiger partial charge on any atom is 0.323 e. The minimum atomic E-state index is -0.405. The van der Waals surface area contributed by atoms with Crippen LogP contribution in [0.25, 0.3) is 0 Å². The van der Waals surface area contributed by atoms with Gasteiger partial charge < -0.3 is 15.7 Å². The van der Waals surface area contributed by atoms with Gasteiger partial charge in [0.1, 0.15) is 5.75 Å². The number of carbonyl (C=O) groups is 1. The molecule has 0 heterocycles. The lowest BCUT2D eigenvalue weighted by Gasteiger charge is -2.12. The quantitative estimate of drug-likeness (QED) is 0.575. The monoisotopic (exact) mass is 336 g/mol. The van der Waals surface area contributed by atoms with Crippen molar-refractivity contribution in [1.82, 2.24) is 0 Å². The number of amides is 2. The molecule has 0 fully saturated rings. The first kappa shape index (κ1) is 16.0. The first-order valence-corrected chi connectivity index (χ1v) is 8.22. The van der Waals surface area contributed by atoms with Gasteiger partial charge in [0.2, 0.25) is 0 Å². The molecule has 0 aliphatic heterocycles. The summed E-state index contributed by atoms with van der Waals surface area (Å²) >= 11 is 1.57. The molecule has 0 aromatic heterocycles. The summed E-state index contributed by atoms with van der Waals surface area (Å²) < 4.78 is 0. The Morgan fingerprint density at radius 3 is 2.08 bits per heavy atom. The van der Waals surface area contributed by atoms with Crippen molar-refractivity contribution < 1.29 is 9.90 Å². The van der Waals surface area contributed by atoms with E-state index in [9.17, 15) is 9.90 Å². The van der Waals surface area contributed by atoms with Gasteiger partial charge in [0.25, 0.3) is 0 Å². The number of aromatic hydroxyl groups is 1. The van der Waals surface area contributed by atoms with E-state index in [1.54, 1.807) is 30.0 Å². The summed E-state index contributed by atoms with van der Waals surface area (Å²) in [5, 5.41) is 15.2. The Kier molecular flexibility index (Phi) is 5.03. The molecule has 3 aromatic carbocycles. The number of nitrogens with one attached hydrogen (secondary N) is 2. The van der Waals surface area contributed by atoms with Gasteiger partial charge in [-0.05, 0) is 36.4 Å². The van der Waals surface area contributed by atoms with Crippen molar-refractivity contribution in [3.63, 3.8) is 0 Å². The van der Waals surface area contributed by atoms with E-state index in [2.05, 4.69) is 10.6 Å². The van der Waals surface area contributed by atoms with Gasteiger partial charge in [0.15, 0.2) is 0 Å². The Hall–Kier alpha value is -2.92. The molecule has 2 amide bonds. The summed E-state index contributed by atoms with van der Waals surface area (Å²) in [4.78, 5) is 14.2. The van der Waals surface area contributed by atoms with Gasteiger partial charge in [0.05, 0.1) is 11.4 Å². The largest absolute Gasteiger partial charge is 0.506 e. The van der Waals surface area contributed by atoms with Crippen molar-refractivity contribution in [2.75, 3.05) is 10.6 Å². The van der Waals surface area contributed by atoms with Crippen LogP contribution in [0.5, 0.6) is 5.75 Å². The van der Waals surface area contributed by atoms with E-state index >= 15 is 0 Å². The second kappa shape index (κ2) is 7.57. The van der Waals surface area contributed by atoms with Gasteiger partial charge in [-0.25, -0.2) is 4.79 Å². The molecule has 120 valence electrons. The molecule has 3 rings (SSSR count). The van der Waals surface area contributed by atoms with Crippen LogP contribution in [0.1, 0.15) is 0 Å². The third kappa shape index (κ3) is 4.08. The first-order chi connectivity index (χ1) is 11.7.